The molecule has 0 amide bonds. The van der Waals surface area contributed by atoms with Gasteiger partial charge in [0.15, 0.2) is 0 Å². The normalized spacial score (nSPS) is 10.3. The first-order chi connectivity index (χ1) is 7.33. The molecule has 0 aliphatic rings. The van der Waals surface area contributed by atoms with Gasteiger partial charge in [-0.2, -0.15) is 11.3 Å². The number of oxazole rings is 1. The summed E-state index contributed by atoms with van der Waals surface area (Å²) in [5.74, 6) is 0.412. The third-order valence-electron chi connectivity index (χ3n) is 1.81. The summed E-state index contributed by atoms with van der Waals surface area (Å²) in [6.07, 6.45) is 5.82. The van der Waals surface area contributed by atoms with Gasteiger partial charge in [0.1, 0.15) is 11.5 Å². The van der Waals surface area contributed by atoms with E-state index in [0.29, 0.717) is 17.2 Å². The van der Waals surface area contributed by atoms with Crippen LogP contribution in [-0.4, -0.2) is 19.9 Å². The Bertz CT molecular complexity index is 607. The quantitative estimate of drug-likeness (QED) is 0.574. The number of fused-ring (bicyclic) bond motifs is 1. The van der Waals surface area contributed by atoms with Crippen LogP contribution in [0.4, 0.5) is 0 Å². The molecule has 0 N–H and O–H groups in total. The van der Waals surface area contributed by atoms with Gasteiger partial charge in [-0.1, -0.05) is 0 Å². The van der Waals surface area contributed by atoms with Crippen molar-refractivity contribution in [3.63, 3.8) is 0 Å². The van der Waals surface area contributed by atoms with Crippen LogP contribution in [0.5, 0.6) is 0 Å². The Morgan fingerprint density at radius 3 is 3.00 bits per heavy atom. The summed E-state index contributed by atoms with van der Waals surface area (Å²) in [7, 11) is 0. The van der Waals surface area contributed by atoms with Crippen molar-refractivity contribution < 1.29 is 24.5 Å². The molecule has 3 rings (SSSR count). The van der Waals surface area contributed by atoms with Crippen LogP contribution in [0, 0.1) is 13.1 Å². The predicted molar refractivity (Wildman–Crippen MR) is 54.3 cm³/mol. The molecule has 0 bridgehead atoms. The van der Waals surface area contributed by atoms with E-state index in [1.54, 1.807) is 6.20 Å². The van der Waals surface area contributed by atoms with E-state index in [4.69, 9.17) is 4.42 Å². The Morgan fingerprint density at radius 1 is 1.38 bits per heavy atom. The van der Waals surface area contributed by atoms with Crippen molar-refractivity contribution in [1.29, 1.82) is 0 Å². The van der Waals surface area contributed by atoms with E-state index >= 15 is 0 Å². The molecule has 0 aromatic carbocycles. The second-order valence-electron chi connectivity index (χ2n) is 2.88. The molecule has 16 heavy (non-hydrogen) atoms. The Kier molecular flexibility index (Phi) is 3.09. The van der Waals surface area contributed by atoms with Crippen molar-refractivity contribution in [2.45, 2.75) is 6.92 Å². The standard InChI is InChI=1S/C9H5N4OS.Ir/c1-5-12-7-9(15-5)11-4-6(13-7)8-10-2-3-14-8;/h2-3H,1H3;/q-1;. The molecule has 0 saturated carbocycles. The van der Waals surface area contributed by atoms with Gasteiger partial charge in [0.25, 0.3) is 0 Å². The number of thiazole rings is 1. The zero-order valence-electron chi connectivity index (χ0n) is 8.09. The zero-order chi connectivity index (χ0) is 10.3. The third kappa shape index (κ3) is 1.89. The van der Waals surface area contributed by atoms with E-state index in [2.05, 4.69) is 26.1 Å². The molecule has 1 radical (unpaired) electrons. The molecule has 3 heterocycles. The number of aromatic nitrogens is 4. The van der Waals surface area contributed by atoms with Crippen molar-refractivity contribution in [3.8, 4) is 11.6 Å². The Hall–Kier alpha value is -1.17. The molecule has 0 spiro atoms. The van der Waals surface area contributed by atoms with Gasteiger partial charge in [-0.05, 0) is 13.1 Å². The number of rotatable bonds is 1. The van der Waals surface area contributed by atoms with Gasteiger partial charge in [-0.15, -0.1) is 0 Å². The maximum Gasteiger partial charge on any atom is 0.142 e. The van der Waals surface area contributed by atoms with E-state index in [1.165, 1.54) is 17.6 Å². The minimum Gasteiger partial charge on any atom is -0.501 e. The second-order valence-corrected chi connectivity index (χ2v) is 4.06. The van der Waals surface area contributed by atoms with E-state index in [9.17, 15) is 0 Å². The number of aryl methyl sites for hydroxylation is 1. The van der Waals surface area contributed by atoms with Crippen LogP contribution in [0.15, 0.2) is 16.9 Å². The smallest absolute Gasteiger partial charge is 0.142 e. The van der Waals surface area contributed by atoms with Crippen molar-refractivity contribution in [2.75, 3.05) is 0 Å². The average molecular weight is 409 g/mol. The fourth-order valence-electron chi connectivity index (χ4n) is 1.22. The van der Waals surface area contributed by atoms with Crippen LogP contribution in [0.3, 0.4) is 0 Å². The number of nitrogens with zero attached hydrogens (tertiary/aromatic N) is 4. The monoisotopic (exact) mass is 410 g/mol. The van der Waals surface area contributed by atoms with Gasteiger partial charge in [0.05, 0.1) is 16.1 Å². The fourth-order valence-corrected chi connectivity index (χ4v) is 1.91. The van der Waals surface area contributed by atoms with Gasteiger partial charge < -0.3 is 9.40 Å². The maximum atomic E-state index is 5.11. The van der Waals surface area contributed by atoms with Gasteiger partial charge in [0.2, 0.25) is 0 Å². The van der Waals surface area contributed by atoms with Crippen LogP contribution in [-0.2, 0) is 20.1 Å². The predicted octanol–water partition coefficient (Wildman–Crippen LogP) is 1.85. The molecule has 3 aromatic rings. The molecule has 0 atom stereocenters. The minimum absolute atomic E-state index is 0. The molecule has 0 unspecified atom stereocenters. The minimum atomic E-state index is 0. The van der Waals surface area contributed by atoms with Gasteiger partial charge >= 0.3 is 0 Å². The first-order valence-corrected chi connectivity index (χ1v) is 5.07. The van der Waals surface area contributed by atoms with E-state index in [-0.39, 0.29) is 20.1 Å². The molecular weight excluding hydrogens is 404 g/mol. The molecule has 0 fully saturated rings. The van der Waals surface area contributed by atoms with E-state index < -0.39 is 0 Å². The molecule has 3 aromatic heterocycles. The molecule has 0 saturated heterocycles. The van der Waals surface area contributed by atoms with Crippen LogP contribution < -0.4 is 0 Å². The zero-order valence-corrected chi connectivity index (χ0v) is 11.3. The number of hydrogen-bond donors (Lipinski definition) is 0. The van der Waals surface area contributed by atoms with E-state index in [1.807, 2.05) is 6.92 Å². The summed E-state index contributed by atoms with van der Waals surface area (Å²) < 4.78 is 5.11. The Balaban J connectivity index is 0.000000963. The molecule has 0 aliphatic heterocycles. The second kappa shape index (κ2) is 4.37. The van der Waals surface area contributed by atoms with Crippen molar-refractivity contribution >= 4 is 21.8 Å². The molecule has 7 heteroatoms. The van der Waals surface area contributed by atoms with Crippen molar-refractivity contribution in [2.24, 2.45) is 0 Å². The third-order valence-corrected chi connectivity index (χ3v) is 2.67. The summed E-state index contributed by atoms with van der Waals surface area (Å²) in [5, 5.41) is 0.933. The van der Waals surface area contributed by atoms with E-state index in [0.717, 1.165) is 9.84 Å². The van der Waals surface area contributed by atoms with Crippen molar-refractivity contribution in [3.05, 3.63) is 23.7 Å². The fraction of sp³-hybridized carbons (Fsp3) is 0.111. The van der Waals surface area contributed by atoms with Gasteiger partial charge in [-0.3, -0.25) is 9.97 Å². The Morgan fingerprint density at radius 2 is 2.25 bits per heavy atom. The molecular formula is C9H5IrN4OS-. The molecule has 0 aliphatic carbocycles. The summed E-state index contributed by atoms with van der Waals surface area (Å²) in [6.45, 7) is 1.92. The maximum absolute atomic E-state index is 5.11. The summed E-state index contributed by atoms with van der Waals surface area (Å²) in [6, 6.07) is 0. The van der Waals surface area contributed by atoms with Gasteiger partial charge in [0, 0.05) is 32.0 Å². The summed E-state index contributed by atoms with van der Waals surface area (Å²) in [4.78, 5) is 17.4. The van der Waals surface area contributed by atoms with Crippen LogP contribution in [0.2, 0.25) is 0 Å². The van der Waals surface area contributed by atoms with Crippen LogP contribution >= 0.6 is 11.3 Å². The Labute approximate surface area is 108 Å². The summed E-state index contributed by atoms with van der Waals surface area (Å²) in [5.41, 5.74) is 1.10. The van der Waals surface area contributed by atoms with Crippen molar-refractivity contribution in [1.82, 2.24) is 19.9 Å². The topological polar surface area (TPSA) is 64.7 Å². The molecule has 5 nitrogen and oxygen atoms in total. The number of hydrogen-bond acceptors (Lipinski definition) is 6. The first kappa shape index (κ1) is 11.3. The molecule has 83 valence electrons. The van der Waals surface area contributed by atoms with Crippen LogP contribution in [0.1, 0.15) is 5.01 Å². The largest absolute Gasteiger partial charge is 0.501 e. The van der Waals surface area contributed by atoms with Crippen LogP contribution in [0.25, 0.3) is 22.1 Å². The SMILES string of the molecule is Cc1nc2nc(-c3ncco3)[c-]nc2s1.[Ir]. The van der Waals surface area contributed by atoms with Gasteiger partial charge in [-0.25, -0.2) is 4.98 Å². The summed E-state index contributed by atoms with van der Waals surface area (Å²) >= 11 is 1.49. The first-order valence-electron chi connectivity index (χ1n) is 4.25. The average Bonchev–Trinajstić information content (AvgIpc) is 2.82.